The molecule has 0 aromatic carbocycles. The Kier molecular flexibility index (Phi) is 28.5. The van der Waals surface area contributed by atoms with Gasteiger partial charge in [-0.25, -0.2) is 0 Å². The van der Waals surface area contributed by atoms with Crippen molar-refractivity contribution in [1.82, 2.24) is 0 Å². The van der Waals surface area contributed by atoms with Gasteiger partial charge in [-0.15, -0.1) is 0 Å². The normalized spacial score (nSPS) is 11.8. The van der Waals surface area contributed by atoms with Crippen molar-refractivity contribution in [2.24, 2.45) is 5.92 Å². The summed E-state index contributed by atoms with van der Waals surface area (Å²) >= 11 is 0. The molecule has 1 N–H and O–H groups in total. The molecule has 0 aliphatic heterocycles. The van der Waals surface area contributed by atoms with E-state index in [1.165, 1.54) is 0 Å². The molecule has 7 nitrogen and oxygen atoms in total. The molecule has 0 fully saturated rings. The van der Waals surface area contributed by atoms with E-state index >= 15 is 0 Å². The van der Waals surface area contributed by atoms with Gasteiger partial charge < -0.3 is 34.8 Å². The maximum Gasteiger partial charge on any atom is 1.00 e. The van der Waals surface area contributed by atoms with Gasteiger partial charge in [0.1, 0.15) is 6.10 Å². The molecule has 0 rings (SSSR count). The van der Waals surface area contributed by atoms with Crippen LogP contribution in [0.4, 0.5) is 0 Å². The van der Waals surface area contributed by atoms with Gasteiger partial charge in [0, 0.05) is 17.9 Å². The van der Waals surface area contributed by atoms with Crippen LogP contribution in [0, 0.1) is 5.92 Å². The summed E-state index contributed by atoms with van der Waals surface area (Å²) in [6.07, 6.45) is -3.56. The van der Waals surface area contributed by atoms with E-state index in [-0.39, 0.29) is 207 Å². The molecule has 16 heavy (non-hydrogen) atoms. The molecule has 2 unspecified atom stereocenters. The number of carbonyl (C=O) groups is 3. The fourth-order valence-corrected chi connectivity index (χ4v) is 0.668. The molecule has 0 saturated carbocycles. The fourth-order valence-electron chi connectivity index (χ4n) is 0.668. The fraction of sp³-hybridized carbons (Fsp3) is 0.500. The van der Waals surface area contributed by atoms with Gasteiger partial charge in [-0.05, 0) is 6.42 Å². The average Bonchev–Trinajstić information content (AvgIpc) is 1.97. The van der Waals surface area contributed by atoms with E-state index in [0.717, 1.165) is 0 Å². The maximum absolute atomic E-state index is 10.1. The van der Waals surface area contributed by atoms with Crippen LogP contribution in [0.2, 0.25) is 0 Å². The van der Waals surface area contributed by atoms with Gasteiger partial charge in [-0.2, -0.15) is 0 Å². The number of rotatable bonds is 5. The Morgan fingerprint density at radius 2 is 1.31 bits per heavy atom. The monoisotopic (exact) mass is 588 g/mol. The largest absolute Gasteiger partial charge is 1.00 e. The molecule has 0 aliphatic carbocycles. The Labute approximate surface area is 268 Å². The van der Waals surface area contributed by atoms with E-state index in [9.17, 15) is 29.7 Å². The second-order valence-corrected chi connectivity index (χ2v) is 2.27. The molecule has 0 bridgehead atoms. The third-order valence-corrected chi connectivity index (χ3v) is 1.31. The van der Waals surface area contributed by atoms with Gasteiger partial charge in [0.15, 0.2) is 0 Å². The van der Waals surface area contributed by atoms with Gasteiger partial charge >= 0.3 is 207 Å². The number of carbonyl (C=O) groups excluding carboxylic acids is 3. The number of carboxylic acids is 3. The zero-order chi connectivity index (χ0) is 10.6. The van der Waals surface area contributed by atoms with Crippen LogP contribution < -0.4 is 222 Å². The molecule has 2 atom stereocenters. The van der Waals surface area contributed by atoms with Crippen molar-refractivity contribution >= 4 is 17.9 Å². The number of carboxylic acid groups (broad SMARTS) is 3. The summed E-state index contributed by atoms with van der Waals surface area (Å²) in [5.41, 5.74) is 0. The van der Waals surface area contributed by atoms with Crippen molar-refractivity contribution in [3.05, 3.63) is 0 Å². The molecule has 0 heterocycles. The van der Waals surface area contributed by atoms with E-state index in [4.69, 9.17) is 5.11 Å². The first kappa shape index (κ1) is 28.7. The summed E-state index contributed by atoms with van der Waals surface area (Å²) in [5, 5.41) is 38.6. The van der Waals surface area contributed by atoms with E-state index in [2.05, 4.69) is 0 Å². The Hall–Kier alpha value is 4.53. The van der Waals surface area contributed by atoms with Gasteiger partial charge in [-0.1, -0.05) is 0 Å². The summed E-state index contributed by atoms with van der Waals surface area (Å²) in [5.74, 6) is -7.92. The average molecular weight is 588 g/mol. The molecular formula is C6H5Cs3O7. The molecule has 0 aromatic rings. The molecule has 0 amide bonds. The maximum atomic E-state index is 10.1. The van der Waals surface area contributed by atoms with E-state index in [0.29, 0.717) is 0 Å². The van der Waals surface area contributed by atoms with Gasteiger partial charge in [-0.3, -0.25) is 0 Å². The zero-order valence-electron chi connectivity index (χ0n) is 9.26. The molecular weight excluding hydrogens is 583 g/mol. The molecule has 74 valence electrons. The van der Waals surface area contributed by atoms with E-state index in [1.807, 2.05) is 0 Å². The number of hydrogen-bond donors (Lipinski definition) is 1. The van der Waals surface area contributed by atoms with Crippen LogP contribution in [0.15, 0.2) is 0 Å². The van der Waals surface area contributed by atoms with Gasteiger partial charge in [0.05, 0.1) is 5.97 Å². The molecule has 0 aromatic heterocycles. The Morgan fingerprint density at radius 3 is 1.50 bits per heavy atom. The first-order valence-electron chi connectivity index (χ1n) is 3.16. The summed E-state index contributed by atoms with van der Waals surface area (Å²) in [6.45, 7) is 0. The van der Waals surface area contributed by atoms with Crippen LogP contribution in [0.5, 0.6) is 0 Å². The van der Waals surface area contributed by atoms with E-state index < -0.39 is 36.4 Å². The van der Waals surface area contributed by atoms with Crippen LogP contribution in [-0.2, 0) is 14.4 Å². The summed E-state index contributed by atoms with van der Waals surface area (Å²) in [7, 11) is 0. The van der Waals surface area contributed by atoms with Gasteiger partial charge in [0.25, 0.3) is 0 Å². The SMILES string of the molecule is O=C([O-])CC(C(=O)[O-])C(O)C(=O)[O-].[Cs+].[Cs+].[Cs+]. The third kappa shape index (κ3) is 13.5. The Bertz CT molecular complexity index is 244. The summed E-state index contributed by atoms with van der Waals surface area (Å²) < 4.78 is 0. The minimum absolute atomic E-state index is 0. The minimum atomic E-state index is -2.41. The zero-order valence-corrected chi connectivity index (χ0v) is 28.1. The first-order valence-corrected chi connectivity index (χ1v) is 3.16. The van der Waals surface area contributed by atoms with Crippen LogP contribution in [0.1, 0.15) is 6.42 Å². The summed E-state index contributed by atoms with van der Waals surface area (Å²) in [4.78, 5) is 30.0. The summed E-state index contributed by atoms with van der Waals surface area (Å²) in [6, 6.07) is 0. The molecule has 0 aliphatic rings. The van der Waals surface area contributed by atoms with Crippen molar-refractivity contribution in [3.8, 4) is 0 Å². The van der Waals surface area contributed by atoms with E-state index in [1.54, 1.807) is 0 Å². The van der Waals surface area contributed by atoms with Crippen molar-refractivity contribution in [3.63, 3.8) is 0 Å². The predicted octanol–water partition coefficient (Wildman–Crippen LogP) is -14.4. The first-order chi connectivity index (χ1) is 5.86. The Morgan fingerprint density at radius 1 is 0.938 bits per heavy atom. The number of aliphatic hydroxyl groups excluding tert-OH is 1. The second kappa shape index (κ2) is 15.9. The smallest absolute Gasteiger partial charge is 0.550 e. The number of aliphatic hydroxyl groups is 1. The standard InChI is InChI=1S/C6H8O7.3Cs/c7-3(8)1-2(5(10)11)4(9)6(12)13;;;/h2,4,9H,1H2,(H,7,8)(H,10,11)(H,12,13);;;/q;3*+1/p-3. The Balaban J connectivity index is -0.000000240. The van der Waals surface area contributed by atoms with Crippen molar-refractivity contribution in [2.45, 2.75) is 12.5 Å². The van der Waals surface area contributed by atoms with Crippen LogP contribution in [0.25, 0.3) is 0 Å². The minimum Gasteiger partial charge on any atom is -0.550 e. The topological polar surface area (TPSA) is 141 Å². The second-order valence-electron chi connectivity index (χ2n) is 2.27. The number of aliphatic carboxylic acids is 3. The van der Waals surface area contributed by atoms with Crippen molar-refractivity contribution in [1.29, 1.82) is 0 Å². The van der Waals surface area contributed by atoms with Gasteiger partial charge in [0.2, 0.25) is 0 Å². The van der Waals surface area contributed by atoms with Crippen LogP contribution in [0.3, 0.4) is 0 Å². The molecule has 0 saturated heterocycles. The van der Waals surface area contributed by atoms with Crippen LogP contribution >= 0.6 is 0 Å². The molecule has 0 radical (unpaired) electrons. The predicted molar refractivity (Wildman–Crippen MR) is 29.1 cm³/mol. The van der Waals surface area contributed by atoms with Crippen molar-refractivity contribution < 1.29 is 241 Å². The molecule has 10 heteroatoms. The van der Waals surface area contributed by atoms with Crippen LogP contribution in [-0.4, -0.2) is 29.1 Å². The van der Waals surface area contributed by atoms with Crippen molar-refractivity contribution in [2.75, 3.05) is 0 Å². The third-order valence-electron chi connectivity index (χ3n) is 1.31. The number of hydrogen-bond acceptors (Lipinski definition) is 7. The molecule has 0 spiro atoms. The quantitative estimate of drug-likeness (QED) is 0.337.